The first-order valence-electron chi connectivity index (χ1n) is 14.1. The van der Waals surface area contributed by atoms with Crippen molar-refractivity contribution >= 4 is 23.9 Å². The van der Waals surface area contributed by atoms with Crippen LogP contribution in [0, 0.1) is 0 Å². The zero-order valence-electron chi connectivity index (χ0n) is 23.4. The van der Waals surface area contributed by atoms with E-state index in [-0.39, 0.29) is 52.1 Å². The van der Waals surface area contributed by atoms with Gasteiger partial charge in [0.15, 0.2) is 0 Å². The Morgan fingerprint density at radius 2 is 0.625 bits per heavy atom. The van der Waals surface area contributed by atoms with E-state index < -0.39 is 55.4 Å². The fourth-order valence-electron chi connectivity index (χ4n) is 3.34. The molecule has 40 heavy (non-hydrogen) atoms. The molecule has 0 aliphatic rings. The average Bonchev–Trinajstić information content (AvgIpc) is 2.95. The van der Waals surface area contributed by atoms with Gasteiger partial charge in [0.1, 0.15) is 44.7 Å². The molecule has 0 amide bonds. The van der Waals surface area contributed by atoms with Gasteiger partial charge in [-0.1, -0.05) is 38.5 Å². The van der Waals surface area contributed by atoms with Gasteiger partial charge in [-0.15, -0.1) is 0 Å². The molecular formula is C27H48O13. The highest BCUT2D eigenvalue weighted by atomic mass is 16.6. The minimum Gasteiger partial charge on any atom is -0.463 e. The van der Waals surface area contributed by atoms with Crippen molar-refractivity contribution in [3.8, 4) is 0 Å². The summed E-state index contributed by atoms with van der Waals surface area (Å²) >= 11 is 0. The van der Waals surface area contributed by atoms with Crippen molar-refractivity contribution in [3.05, 3.63) is 0 Å². The standard InChI is InChI=1S/C27H48O13/c28-15-21(30)17-37-24(33)11-7-3-1-5-9-13-26(35)39-19-23(32)20-40-27(36)14-10-6-2-4-8-12-25(34)38-18-22(31)16-29/h21-23,28-32H,1-20H2. The van der Waals surface area contributed by atoms with Crippen LogP contribution >= 0.6 is 0 Å². The molecule has 0 saturated carbocycles. The average molecular weight is 581 g/mol. The number of esters is 4. The number of rotatable bonds is 26. The quantitative estimate of drug-likeness (QED) is 0.0543. The molecule has 0 aromatic carbocycles. The molecule has 0 aliphatic carbocycles. The number of aliphatic hydroxyl groups excluding tert-OH is 5. The molecular weight excluding hydrogens is 532 g/mol. The van der Waals surface area contributed by atoms with Crippen molar-refractivity contribution < 1.29 is 63.7 Å². The number of aliphatic hydroxyl groups is 5. The van der Waals surface area contributed by atoms with Gasteiger partial charge in [-0.05, 0) is 25.7 Å². The lowest BCUT2D eigenvalue weighted by molar-refractivity contribution is -0.152. The van der Waals surface area contributed by atoms with Crippen molar-refractivity contribution in [1.82, 2.24) is 0 Å². The van der Waals surface area contributed by atoms with Gasteiger partial charge < -0.3 is 44.5 Å². The van der Waals surface area contributed by atoms with Crippen LogP contribution in [0.15, 0.2) is 0 Å². The van der Waals surface area contributed by atoms with Crippen LogP contribution in [-0.4, -0.2) is 107 Å². The smallest absolute Gasteiger partial charge is 0.305 e. The van der Waals surface area contributed by atoms with Crippen LogP contribution in [0.4, 0.5) is 0 Å². The summed E-state index contributed by atoms with van der Waals surface area (Å²) in [5.41, 5.74) is 0. The normalized spacial score (nSPS) is 13.2. The maximum Gasteiger partial charge on any atom is 0.305 e. The van der Waals surface area contributed by atoms with Crippen LogP contribution < -0.4 is 0 Å². The first kappa shape index (κ1) is 37.7. The predicted molar refractivity (Wildman–Crippen MR) is 141 cm³/mol. The van der Waals surface area contributed by atoms with Crippen molar-refractivity contribution in [2.45, 2.75) is 108 Å². The Balaban J connectivity index is 3.58. The highest BCUT2D eigenvalue weighted by Gasteiger charge is 2.13. The van der Waals surface area contributed by atoms with E-state index in [1.54, 1.807) is 0 Å². The SMILES string of the molecule is O=C(CCCCCCCC(=O)OCC(O)COC(=O)CCCCCCCC(=O)OCC(O)CO)OCC(O)CO. The maximum absolute atomic E-state index is 11.8. The molecule has 0 fully saturated rings. The summed E-state index contributed by atoms with van der Waals surface area (Å²) in [5, 5.41) is 45.4. The van der Waals surface area contributed by atoms with Crippen LogP contribution in [0.5, 0.6) is 0 Å². The first-order valence-corrected chi connectivity index (χ1v) is 14.1. The van der Waals surface area contributed by atoms with E-state index in [4.69, 9.17) is 39.4 Å². The number of hydrogen-bond donors (Lipinski definition) is 5. The highest BCUT2D eigenvalue weighted by Crippen LogP contribution is 2.10. The van der Waals surface area contributed by atoms with Gasteiger partial charge in [0.2, 0.25) is 0 Å². The fourth-order valence-corrected chi connectivity index (χ4v) is 3.34. The van der Waals surface area contributed by atoms with Crippen LogP contribution in [0.1, 0.15) is 89.9 Å². The Hall–Kier alpha value is -2.32. The molecule has 13 nitrogen and oxygen atoms in total. The zero-order chi connectivity index (χ0) is 30.0. The summed E-state index contributed by atoms with van der Waals surface area (Å²) in [6.45, 7) is -1.89. The number of ether oxygens (including phenoxy) is 4. The molecule has 0 aromatic heterocycles. The van der Waals surface area contributed by atoms with E-state index in [1.807, 2.05) is 0 Å². The molecule has 0 spiro atoms. The Kier molecular flexibility index (Phi) is 24.1. The van der Waals surface area contributed by atoms with Gasteiger partial charge in [0.25, 0.3) is 0 Å². The second-order valence-corrected chi connectivity index (χ2v) is 9.59. The minimum absolute atomic E-state index is 0.196. The number of hydrogen-bond acceptors (Lipinski definition) is 13. The third-order valence-electron chi connectivity index (χ3n) is 5.69. The molecule has 0 radical (unpaired) electrons. The molecule has 2 unspecified atom stereocenters. The molecule has 13 heteroatoms. The highest BCUT2D eigenvalue weighted by molar-refractivity contribution is 5.70. The first-order chi connectivity index (χ1) is 19.2. The summed E-state index contributed by atoms with van der Waals surface area (Å²) in [7, 11) is 0. The lowest BCUT2D eigenvalue weighted by Crippen LogP contribution is -2.25. The molecule has 2 atom stereocenters. The topological polar surface area (TPSA) is 206 Å². The molecule has 5 N–H and O–H groups in total. The number of carbonyl (C=O) groups excluding carboxylic acids is 4. The molecule has 0 bridgehead atoms. The molecule has 0 aliphatic heterocycles. The predicted octanol–water partition coefficient (Wildman–Crippen LogP) is 0.688. The largest absolute Gasteiger partial charge is 0.463 e. The van der Waals surface area contributed by atoms with Gasteiger partial charge in [-0.3, -0.25) is 19.2 Å². The van der Waals surface area contributed by atoms with Crippen molar-refractivity contribution in [2.75, 3.05) is 39.6 Å². The van der Waals surface area contributed by atoms with Gasteiger partial charge in [0.05, 0.1) is 13.2 Å². The molecule has 234 valence electrons. The summed E-state index contributed by atoms with van der Waals surface area (Å²) in [6.07, 6.45) is 4.84. The van der Waals surface area contributed by atoms with E-state index >= 15 is 0 Å². The Morgan fingerprint density at radius 3 is 0.875 bits per heavy atom. The summed E-state index contributed by atoms with van der Waals surface area (Å²) < 4.78 is 19.6. The lowest BCUT2D eigenvalue weighted by Gasteiger charge is -2.12. The number of carbonyl (C=O) groups is 4. The van der Waals surface area contributed by atoms with Gasteiger partial charge in [-0.25, -0.2) is 0 Å². The van der Waals surface area contributed by atoms with Crippen LogP contribution in [0.25, 0.3) is 0 Å². The zero-order valence-corrected chi connectivity index (χ0v) is 23.4. The van der Waals surface area contributed by atoms with E-state index in [0.717, 1.165) is 38.5 Å². The second kappa shape index (κ2) is 25.6. The van der Waals surface area contributed by atoms with Gasteiger partial charge in [-0.2, -0.15) is 0 Å². The summed E-state index contributed by atoms with van der Waals surface area (Å²) in [5.74, 6) is -1.76. The van der Waals surface area contributed by atoms with E-state index in [0.29, 0.717) is 25.7 Å². The molecule has 0 aromatic rings. The molecule has 0 rings (SSSR count). The van der Waals surface area contributed by atoms with E-state index in [1.165, 1.54) is 0 Å². The molecule has 0 saturated heterocycles. The fraction of sp³-hybridized carbons (Fsp3) is 0.852. The minimum atomic E-state index is -1.11. The summed E-state index contributed by atoms with van der Waals surface area (Å²) in [4.78, 5) is 46.5. The Labute approximate surface area is 235 Å². The van der Waals surface area contributed by atoms with Crippen LogP contribution in [0.3, 0.4) is 0 Å². The maximum atomic E-state index is 11.8. The second-order valence-electron chi connectivity index (χ2n) is 9.59. The van der Waals surface area contributed by atoms with E-state index in [2.05, 4.69) is 0 Å². The van der Waals surface area contributed by atoms with Crippen molar-refractivity contribution in [2.24, 2.45) is 0 Å². The van der Waals surface area contributed by atoms with Gasteiger partial charge in [0, 0.05) is 25.7 Å². The third kappa shape index (κ3) is 24.7. The monoisotopic (exact) mass is 580 g/mol. The Morgan fingerprint density at radius 1 is 0.400 bits per heavy atom. The Bertz CT molecular complexity index is 629. The van der Waals surface area contributed by atoms with Crippen LogP contribution in [-0.2, 0) is 38.1 Å². The third-order valence-corrected chi connectivity index (χ3v) is 5.69. The van der Waals surface area contributed by atoms with Crippen molar-refractivity contribution in [3.63, 3.8) is 0 Å². The molecule has 0 heterocycles. The lowest BCUT2D eigenvalue weighted by atomic mass is 10.1. The number of unbranched alkanes of at least 4 members (excludes halogenated alkanes) is 8. The summed E-state index contributed by atoms with van der Waals surface area (Å²) in [6, 6.07) is 0. The van der Waals surface area contributed by atoms with E-state index in [9.17, 15) is 24.3 Å². The van der Waals surface area contributed by atoms with Gasteiger partial charge >= 0.3 is 23.9 Å². The van der Waals surface area contributed by atoms with Crippen LogP contribution in [0.2, 0.25) is 0 Å². The van der Waals surface area contributed by atoms with Crippen molar-refractivity contribution in [1.29, 1.82) is 0 Å².